The van der Waals surface area contributed by atoms with Gasteiger partial charge in [0.05, 0.1) is 13.2 Å². The zero-order chi connectivity index (χ0) is 11.5. The van der Waals surface area contributed by atoms with Crippen LogP contribution in [-0.2, 0) is 4.74 Å². The highest BCUT2D eigenvalue weighted by molar-refractivity contribution is 9.10. The van der Waals surface area contributed by atoms with E-state index in [4.69, 9.17) is 0 Å². The van der Waals surface area contributed by atoms with Crippen molar-refractivity contribution in [1.29, 1.82) is 0 Å². The molecule has 0 saturated carbocycles. The number of thiazole rings is 1. The number of methoxy groups -OCH3 is 1. The second-order valence-electron chi connectivity index (χ2n) is 3.52. The Morgan fingerprint density at radius 1 is 1.81 bits per heavy atom. The van der Waals surface area contributed by atoms with E-state index < -0.39 is 0 Å². The fourth-order valence-electron chi connectivity index (χ4n) is 1.67. The summed E-state index contributed by atoms with van der Waals surface area (Å²) in [5.74, 6) is 0. The summed E-state index contributed by atoms with van der Waals surface area (Å²) in [6.07, 6.45) is 0.555. The second kappa shape index (κ2) is 5.01. The monoisotopic (exact) mass is 305 g/mol. The van der Waals surface area contributed by atoms with E-state index in [9.17, 15) is 4.79 Å². The van der Waals surface area contributed by atoms with Gasteiger partial charge in [0, 0.05) is 18.5 Å². The van der Waals surface area contributed by atoms with Crippen molar-refractivity contribution < 1.29 is 9.53 Å². The number of carbonyl (C=O) groups is 1. The molecule has 2 rings (SSSR count). The molecule has 0 aliphatic carbocycles. The van der Waals surface area contributed by atoms with Crippen LogP contribution in [0.2, 0.25) is 0 Å². The molecule has 0 spiro atoms. The van der Waals surface area contributed by atoms with Crippen molar-refractivity contribution in [2.45, 2.75) is 12.5 Å². The van der Waals surface area contributed by atoms with Crippen LogP contribution < -0.4 is 10.2 Å². The molecule has 0 radical (unpaired) electrons. The molecule has 2 heterocycles. The SMILES string of the molecule is COC(=O)NC1CCN(c2nc(Br)cs2)C1. The summed E-state index contributed by atoms with van der Waals surface area (Å²) in [7, 11) is 1.37. The number of hydrogen-bond acceptors (Lipinski definition) is 5. The Labute approximate surface area is 106 Å². The minimum atomic E-state index is -0.368. The third-order valence-electron chi connectivity index (χ3n) is 2.43. The van der Waals surface area contributed by atoms with Crippen molar-refractivity contribution in [3.8, 4) is 0 Å². The zero-order valence-corrected chi connectivity index (χ0v) is 11.2. The third kappa shape index (κ3) is 2.65. The maximum absolute atomic E-state index is 11.0. The van der Waals surface area contributed by atoms with Gasteiger partial charge in [-0.3, -0.25) is 0 Å². The van der Waals surface area contributed by atoms with Gasteiger partial charge in [-0.1, -0.05) is 0 Å². The van der Waals surface area contributed by atoms with E-state index in [-0.39, 0.29) is 12.1 Å². The predicted octanol–water partition coefficient (Wildman–Crippen LogP) is 1.84. The van der Waals surface area contributed by atoms with Crippen LogP contribution in [0.25, 0.3) is 0 Å². The molecule has 1 N–H and O–H groups in total. The van der Waals surface area contributed by atoms with Crippen molar-refractivity contribution in [1.82, 2.24) is 10.3 Å². The average molecular weight is 306 g/mol. The number of ether oxygens (including phenoxy) is 1. The van der Waals surface area contributed by atoms with Crippen LogP contribution in [0, 0.1) is 0 Å². The van der Waals surface area contributed by atoms with Gasteiger partial charge in [-0.25, -0.2) is 9.78 Å². The lowest BCUT2D eigenvalue weighted by Gasteiger charge is -2.15. The maximum atomic E-state index is 11.0. The number of rotatable bonds is 2. The number of nitrogens with one attached hydrogen (secondary N) is 1. The van der Waals surface area contributed by atoms with Gasteiger partial charge in [-0.15, -0.1) is 11.3 Å². The van der Waals surface area contributed by atoms with E-state index in [0.717, 1.165) is 29.2 Å². The quantitative estimate of drug-likeness (QED) is 0.906. The van der Waals surface area contributed by atoms with Gasteiger partial charge in [0.2, 0.25) is 0 Å². The molecule has 1 aromatic rings. The van der Waals surface area contributed by atoms with Crippen LogP contribution in [0.4, 0.5) is 9.93 Å². The molecule has 0 aromatic carbocycles. The van der Waals surface area contributed by atoms with Gasteiger partial charge in [0.25, 0.3) is 0 Å². The summed E-state index contributed by atoms with van der Waals surface area (Å²) in [4.78, 5) is 17.5. The largest absolute Gasteiger partial charge is 0.453 e. The van der Waals surface area contributed by atoms with Crippen molar-refractivity contribution in [2.24, 2.45) is 0 Å². The van der Waals surface area contributed by atoms with Crippen LogP contribution in [-0.4, -0.2) is 37.3 Å². The van der Waals surface area contributed by atoms with E-state index in [2.05, 4.69) is 35.9 Å². The minimum absolute atomic E-state index is 0.148. The van der Waals surface area contributed by atoms with Gasteiger partial charge in [0.1, 0.15) is 4.60 Å². The van der Waals surface area contributed by atoms with Crippen LogP contribution in [0.1, 0.15) is 6.42 Å². The van der Waals surface area contributed by atoms with Crippen molar-refractivity contribution in [3.63, 3.8) is 0 Å². The smallest absolute Gasteiger partial charge is 0.407 e. The average Bonchev–Trinajstić information content (AvgIpc) is 2.87. The Balaban J connectivity index is 1.90. The number of anilines is 1. The minimum Gasteiger partial charge on any atom is -0.453 e. The van der Waals surface area contributed by atoms with Gasteiger partial charge in [-0.2, -0.15) is 0 Å². The van der Waals surface area contributed by atoms with Crippen LogP contribution in [0.5, 0.6) is 0 Å². The summed E-state index contributed by atoms with van der Waals surface area (Å²) in [5.41, 5.74) is 0. The molecule has 1 aliphatic rings. The topological polar surface area (TPSA) is 54.5 Å². The number of alkyl carbamates (subject to hydrolysis) is 1. The molecular formula is C9H12BrN3O2S. The van der Waals surface area contributed by atoms with Crippen molar-refractivity contribution >= 4 is 38.5 Å². The summed E-state index contributed by atoms with van der Waals surface area (Å²) >= 11 is 4.93. The molecule has 1 atom stereocenters. The number of hydrogen-bond donors (Lipinski definition) is 1. The van der Waals surface area contributed by atoms with Crippen LogP contribution in [0.15, 0.2) is 9.98 Å². The summed E-state index contributed by atoms with van der Waals surface area (Å²) in [5, 5.41) is 5.74. The molecular weight excluding hydrogens is 294 g/mol. The Morgan fingerprint density at radius 3 is 3.25 bits per heavy atom. The van der Waals surface area contributed by atoms with Gasteiger partial charge in [-0.05, 0) is 22.4 Å². The summed E-state index contributed by atoms with van der Waals surface area (Å²) in [6.45, 7) is 1.70. The first-order chi connectivity index (χ1) is 7.69. The lowest BCUT2D eigenvalue weighted by molar-refractivity contribution is 0.167. The maximum Gasteiger partial charge on any atom is 0.407 e. The number of aromatic nitrogens is 1. The highest BCUT2D eigenvalue weighted by Gasteiger charge is 2.25. The molecule has 1 amide bonds. The van der Waals surface area contributed by atoms with Gasteiger partial charge in [0.15, 0.2) is 5.13 Å². The van der Waals surface area contributed by atoms with Gasteiger partial charge >= 0.3 is 6.09 Å². The highest BCUT2D eigenvalue weighted by Crippen LogP contribution is 2.26. The third-order valence-corrected chi connectivity index (χ3v) is 4.04. The first-order valence-corrected chi connectivity index (χ1v) is 6.57. The number of nitrogens with zero attached hydrogens (tertiary/aromatic N) is 2. The standard InChI is InChI=1S/C9H12BrN3O2S/c1-15-9(14)11-6-2-3-13(4-6)8-12-7(10)5-16-8/h5-6H,2-4H2,1H3,(H,11,14). The summed E-state index contributed by atoms with van der Waals surface area (Å²) in [6, 6.07) is 0.148. The predicted molar refractivity (Wildman–Crippen MR) is 66.0 cm³/mol. The molecule has 5 nitrogen and oxygen atoms in total. The molecule has 1 unspecified atom stereocenters. The van der Waals surface area contributed by atoms with Crippen molar-refractivity contribution in [2.75, 3.05) is 25.1 Å². The van der Waals surface area contributed by atoms with E-state index in [1.165, 1.54) is 7.11 Å². The van der Waals surface area contributed by atoms with Crippen LogP contribution in [0.3, 0.4) is 0 Å². The molecule has 1 aromatic heterocycles. The molecule has 1 saturated heterocycles. The Hall–Kier alpha value is -0.820. The molecule has 7 heteroatoms. The van der Waals surface area contributed by atoms with E-state index in [1.54, 1.807) is 11.3 Å². The number of halogens is 1. The van der Waals surface area contributed by atoms with E-state index >= 15 is 0 Å². The fraction of sp³-hybridized carbons (Fsp3) is 0.556. The zero-order valence-electron chi connectivity index (χ0n) is 8.77. The second-order valence-corrected chi connectivity index (χ2v) is 5.17. The molecule has 1 aliphatic heterocycles. The number of carbonyl (C=O) groups excluding carboxylic acids is 1. The normalized spacial score (nSPS) is 19.9. The molecule has 0 bridgehead atoms. The Bertz CT molecular complexity index is 385. The number of amides is 1. The Kier molecular flexibility index (Phi) is 3.65. The van der Waals surface area contributed by atoms with Crippen molar-refractivity contribution in [3.05, 3.63) is 9.98 Å². The fourth-order valence-corrected chi connectivity index (χ4v) is 2.96. The molecule has 88 valence electrons. The molecule has 1 fully saturated rings. The summed E-state index contributed by atoms with van der Waals surface area (Å²) < 4.78 is 5.43. The van der Waals surface area contributed by atoms with E-state index in [0.29, 0.717) is 0 Å². The first-order valence-electron chi connectivity index (χ1n) is 4.89. The van der Waals surface area contributed by atoms with E-state index in [1.807, 2.05) is 5.38 Å². The Morgan fingerprint density at radius 2 is 2.62 bits per heavy atom. The first kappa shape index (κ1) is 11.7. The highest BCUT2D eigenvalue weighted by atomic mass is 79.9. The molecule has 16 heavy (non-hydrogen) atoms. The van der Waals surface area contributed by atoms with Crippen LogP contribution >= 0.6 is 27.3 Å². The lowest BCUT2D eigenvalue weighted by atomic mass is 10.3. The lowest BCUT2D eigenvalue weighted by Crippen LogP contribution is -2.36. The van der Waals surface area contributed by atoms with Gasteiger partial charge < -0.3 is 15.0 Å².